The largest absolute Gasteiger partial charge is 0.484 e. The lowest BCUT2D eigenvalue weighted by atomic mass is 9.93. The first kappa shape index (κ1) is 16.5. The van der Waals surface area contributed by atoms with Crippen LogP contribution in [-0.4, -0.2) is 37.6 Å². The van der Waals surface area contributed by atoms with Crippen LogP contribution in [0.3, 0.4) is 0 Å². The van der Waals surface area contributed by atoms with Gasteiger partial charge >= 0.3 is 0 Å². The number of ether oxygens (including phenoxy) is 1. The minimum atomic E-state index is -0.0792. The van der Waals surface area contributed by atoms with E-state index < -0.39 is 0 Å². The normalized spacial score (nSPS) is 11.3. The maximum Gasteiger partial charge on any atom is 0.260 e. The van der Waals surface area contributed by atoms with Gasteiger partial charge in [-0.25, -0.2) is 0 Å². The molecule has 1 amide bonds. The highest BCUT2D eigenvalue weighted by Crippen LogP contribution is 2.19. The number of hydrogen-bond acceptors (Lipinski definition) is 3. The number of carbonyl (C=O) groups excluding carboxylic acids is 1. The van der Waals surface area contributed by atoms with E-state index in [0.29, 0.717) is 13.1 Å². The van der Waals surface area contributed by atoms with Crippen LogP contribution in [0.15, 0.2) is 18.2 Å². The van der Waals surface area contributed by atoms with Crippen molar-refractivity contribution in [1.82, 2.24) is 4.90 Å². The molecule has 112 valence electrons. The Morgan fingerprint density at radius 3 is 2.55 bits per heavy atom. The molecule has 1 aromatic carbocycles. The monoisotopic (exact) mass is 278 g/mol. The van der Waals surface area contributed by atoms with Crippen LogP contribution >= 0.6 is 0 Å². The Bertz CT molecular complexity index is 470. The first-order valence-corrected chi connectivity index (χ1v) is 6.89. The van der Waals surface area contributed by atoms with Crippen molar-refractivity contribution in [2.75, 3.05) is 26.7 Å². The minimum absolute atomic E-state index is 0.0356. The average molecular weight is 278 g/mol. The topological polar surface area (TPSA) is 55.6 Å². The Balaban J connectivity index is 2.54. The number of likely N-dealkylation sites (N-methyl/N-ethyl adjacent to an activating group) is 1. The molecule has 4 nitrogen and oxygen atoms in total. The molecule has 0 heterocycles. The third kappa shape index (κ3) is 4.85. The molecule has 0 aliphatic rings. The van der Waals surface area contributed by atoms with Crippen LogP contribution in [0.4, 0.5) is 0 Å². The van der Waals surface area contributed by atoms with Crippen LogP contribution in [0, 0.1) is 19.3 Å². The predicted molar refractivity (Wildman–Crippen MR) is 81.9 cm³/mol. The highest BCUT2D eigenvalue weighted by molar-refractivity contribution is 5.77. The van der Waals surface area contributed by atoms with Crippen molar-refractivity contribution in [3.05, 3.63) is 29.3 Å². The fourth-order valence-corrected chi connectivity index (χ4v) is 2.01. The molecule has 0 bridgehead atoms. The third-order valence-corrected chi connectivity index (χ3v) is 3.33. The maximum atomic E-state index is 12.0. The number of nitrogens with two attached hydrogens (primary N) is 1. The van der Waals surface area contributed by atoms with Gasteiger partial charge < -0.3 is 15.4 Å². The number of aryl methyl sites for hydroxylation is 2. The zero-order valence-corrected chi connectivity index (χ0v) is 13.2. The van der Waals surface area contributed by atoms with E-state index in [-0.39, 0.29) is 17.9 Å². The van der Waals surface area contributed by atoms with Gasteiger partial charge in [-0.15, -0.1) is 0 Å². The van der Waals surface area contributed by atoms with Gasteiger partial charge in [-0.3, -0.25) is 4.79 Å². The second-order valence-electron chi connectivity index (χ2n) is 6.18. The molecule has 20 heavy (non-hydrogen) atoms. The molecule has 1 rings (SSSR count). The van der Waals surface area contributed by atoms with E-state index in [1.807, 2.05) is 45.9 Å². The van der Waals surface area contributed by atoms with Crippen molar-refractivity contribution >= 4 is 5.91 Å². The van der Waals surface area contributed by atoms with Gasteiger partial charge in [0.25, 0.3) is 5.91 Å². The molecule has 1 aromatic rings. The summed E-state index contributed by atoms with van der Waals surface area (Å²) >= 11 is 0. The zero-order chi connectivity index (χ0) is 15.3. The molecule has 4 heteroatoms. The Morgan fingerprint density at radius 1 is 1.35 bits per heavy atom. The molecule has 0 aromatic heterocycles. The van der Waals surface area contributed by atoms with Crippen LogP contribution in [0.25, 0.3) is 0 Å². The minimum Gasteiger partial charge on any atom is -0.484 e. The fraction of sp³-hybridized carbons (Fsp3) is 0.562. The van der Waals surface area contributed by atoms with Crippen LogP contribution in [0.2, 0.25) is 0 Å². The van der Waals surface area contributed by atoms with Crippen LogP contribution in [-0.2, 0) is 4.79 Å². The molecule has 0 saturated carbocycles. The average Bonchev–Trinajstić information content (AvgIpc) is 2.36. The van der Waals surface area contributed by atoms with Gasteiger partial charge in [0, 0.05) is 13.6 Å². The van der Waals surface area contributed by atoms with Crippen LogP contribution in [0.1, 0.15) is 25.0 Å². The van der Waals surface area contributed by atoms with E-state index in [4.69, 9.17) is 10.5 Å². The Labute approximate surface area is 121 Å². The number of hydrogen-bond donors (Lipinski definition) is 1. The quantitative estimate of drug-likeness (QED) is 0.867. The van der Waals surface area contributed by atoms with Gasteiger partial charge in [0.2, 0.25) is 0 Å². The number of benzene rings is 1. The second kappa shape index (κ2) is 6.75. The lowest BCUT2D eigenvalue weighted by Gasteiger charge is -2.29. The Morgan fingerprint density at radius 2 is 2.00 bits per heavy atom. The lowest BCUT2D eigenvalue weighted by Crippen LogP contribution is -2.41. The summed E-state index contributed by atoms with van der Waals surface area (Å²) < 4.78 is 5.60. The van der Waals surface area contributed by atoms with E-state index in [9.17, 15) is 4.79 Å². The summed E-state index contributed by atoms with van der Waals surface area (Å²) in [5.41, 5.74) is 7.83. The van der Waals surface area contributed by atoms with Crippen molar-refractivity contribution < 1.29 is 9.53 Å². The molecule has 0 radical (unpaired) electrons. The van der Waals surface area contributed by atoms with Gasteiger partial charge in [0.05, 0.1) is 0 Å². The van der Waals surface area contributed by atoms with E-state index >= 15 is 0 Å². The highest BCUT2D eigenvalue weighted by Gasteiger charge is 2.21. The number of nitrogens with zero attached hydrogens (tertiary/aromatic N) is 1. The van der Waals surface area contributed by atoms with E-state index in [0.717, 1.165) is 11.3 Å². The molecule has 0 unspecified atom stereocenters. The lowest BCUT2D eigenvalue weighted by molar-refractivity contribution is -0.133. The third-order valence-electron chi connectivity index (χ3n) is 3.33. The Kier molecular flexibility index (Phi) is 5.57. The number of amides is 1. The van der Waals surface area contributed by atoms with Crippen molar-refractivity contribution in [2.45, 2.75) is 27.7 Å². The molecule has 0 saturated heterocycles. The molecular formula is C16H26N2O2. The molecular weight excluding hydrogens is 252 g/mol. The predicted octanol–water partition coefficient (Wildman–Crippen LogP) is 2.13. The molecule has 0 aliphatic heterocycles. The highest BCUT2D eigenvalue weighted by atomic mass is 16.5. The summed E-state index contributed by atoms with van der Waals surface area (Å²) in [6.07, 6.45) is 0. The first-order valence-electron chi connectivity index (χ1n) is 6.89. The zero-order valence-electron chi connectivity index (χ0n) is 13.2. The van der Waals surface area contributed by atoms with E-state index in [2.05, 4.69) is 0 Å². The van der Waals surface area contributed by atoms with Crippen LogP contribution < -0.4 is 10.5 Å². The molecule has 2 N–H and O–H groups in total. The maximum absolute atomic E-state index is 12.0. The molecule has 0 aliphatic carbocycles. The van der Waals surface area contributed by atoms with Crippen molar-refractivity contribution in [3.8, 4) is 5.75 Å². The molecule has 0 fully saturated rings. The summed E-state index contributed by atoms with van der Waals surface area (Å²) in [4.78, 5) is 13.7. The smallest absolute Gasteiger partial charge is 0.260 e. The van der Waals surface area contributed by atoms with Gasteiger partial charge in [-0.05, 0) is 37.4 Å². The summed E-state index contributed by atoms with van der Waals surface area (Å²) in [6.45, 7) is 9.32. The summed E-state index contributed by atoms with van der Waals surface area (Å²) in [6, 6.07) is 5.93. The van der Waals surface area contributed by atoms with Gasteiger partial charge in [0.15, 0.2) is 6.61 Å². The number of rotatable bonds is 6. The molecule has 0 spiro atoms. The SMILES string of the molecule is Cc1ccc(OCC(=O)N(C)CC(C)(C)CN)c(C)c1. The standard InChI is InChI=1S/C16H26N2O2/c1-12-6-7-14(13(2)8-12)20-9-15(19)18(5)11-16(3,4)10-17/h6-8H,9-11,17H2,1-5H3. The first-order chi connectivity index (χ1) is 9.25. The van der Waals surface area contributed by atoms with Gasteiger partial charge in [-0.2, -0.15) is 0 Å². The number of carbonyl (C=O) groups is 1. The van der Waals surface area contributed by atoms with E-state index in [1.54, 1.807) is 11.9 Å². The summed E-state index contributed by atoms with van der Waals surface area (Å²) in [7, 11) is 1.78. The summed E-state index contributed by atoms with van der Waals surface area (Å²) in [5.74, 6) is 0.724. The second-order valence-corrected chi connectivity index (χ2v) is 6.18. The molecule has 0 atom stereocenters. The van der Waals surface area contributed by atoms with Crippen LogP contribution in [0.5, 0.6) is 5.75 Å². The van der Waals surface area contributed by atoms with Gasteiger partial charge in [0.1, 0.15) is 5.75 Å². The fourth-order valence-electron chi connectivity index (χ4n) is 2.01. The summed E-state index contributed by atoms with van der Waals surface area (Å²) in [5, 5.41) is 0. The Hall–Kier alpha value is -1.55. The van der Waals surface area contributed by atoms with Crippen molar-refractivity contribution in [2.24, 2.45) is 11.1 Å². The van der Waals surface area contributed by atoms with E-state index in [1.165, 1.54) is 5.56 Å². The van der Waals surface area contributed by atoms with Crippen molar-refractivity contribution in [3.63, 3.8) is 0 Å². The van der Waals surface area contributed by atoms with Gasteiger partial charge in [-0.1, -0.05) is 31.5 Å². The van der Waals surface area contributed by atoms with Crippen molar-refractivity contribution in [1.29, 1.82) is 0 Å².